The zero-order valence-electron chi connectivity index (χ0n) is 7.46. The van der Waals surface area contributed by atoms with E-state index >= 15 is 0 Å². The third-order valence-electron chi connectivity index (χ3n) is 1.53. The van der Waals surface area contributed by atoms with Crippen LogP contribution in [0.3, 0.4) is 0 Å². The van der Waals surface area contributed by atoms with Crippen molar-refractivity contribution in [2.45, 2.75) is 32.7 Å². The van der Waals surface area contributed by atoms with E-state index < -0.39 is 0 Å². The Morgan fingerprint density at radius 1 is 1.50 bits per heavy atom. The highest BCUT2D eigenvalue weighted by Gasteiger charge is 2.15. The Bertz CT molecular complexity index is 170. The zero-order valence-corrected chi connectivity index (χ0v) is 8.36. The molecule has 0 radical (unpaired) electrons. The fourth-order valence-electron chi connectivity index (χ4n) is 0.935. The van der Waals surface area contributed by atoms with Gasteiger partial charge in [-0.1, -0.05) is 6.92 Å². The van der Waals surface area contributed by atoms with Gasteiger partial charge in [-0.25, -0.2) is 0 Å². The van der Waals surface area contributed by atoms with Crippen LogP contribution in [0.4, 0.5) is 0 Å². The molecule has 0 rings (SSSR count). The fraction of sp³-hybridized carbons (Fsp3) is 0.750. The van der Waals surface area contributed by atoms with Crippen LogP contribution in [0.25, 0.3) is 0 Å². The Morgan fingerprint density at radius 3 is 2.42 bits per heavy atom. The van der Waals surface area contributed by atoms with Crippen LogP contribution in [-0.2, 0) is 9.59 Å². The molecule has 4 heteroatoms. The van der Waals surface area contributed by atoms with Crippen molar-refractivity contribution < 1.29 is 9.59 Å². The second kappa shape index (κ2) is 6.06. The monoisotopic (exact) mass is 189 g/mol. The van der Waals surface area contributed by atoms with E-state index in [1.54, 1.807) is 6.92 Å². The summed E-state index contributed by atoms with van der Waals surface area (Å²) in [6.07, 6.45) is 1.06. The van der Waals surface area contributed by atoms with E-state index in [0.717, 1.165) is 0 Å². The molecule has 0 aliphatic rings. The average molecular weight is 189 g/mol. The van der Waals surface area contributed by atoms with Crippen LogP contribution in [0.15, 0.2) is 0 Å². The maximum Gasteiger partial charge on any atom is 0.217 e. The maximum absolute atomic E-state index is 11.2. The molecular weight excluding hydrogens is 174 g/mol. The Hall–Kier alpha value is -0.510. The number of hydrogen-bond acceptors (Lipinski definition) is 3. The number of ketones is 1. The van der Waals surface area contributed by atoms with E-state index in [2.05, 4.69) is 17.9 Å². The van der Waals surface area contributed by atoms with Crippen molar-refractivity contribution in [2.24, 2.45) is 0 Å². The minimum atomic E-state index is -0.343. The second-order valence-corrected chi connectivity index (χ2v) is 3.03. The number of carbonyl (C=O) groups is 2. The number of thiol groups is 1. The Kier molecular flexibility index (Phi) is 5.80. The van der Waals surface area contributed by atoms with Gasteiger partial charge in [0, 0.05) is 13.3 Å². The van der Waals surface area contributed by atoms with Crippen molar-refractivity contribution >= 4 is 24.3 Å². The van der Waals surface area contributed by atoms with Gasteiger partial charge in [0.15, 0.2) is 5.78 Å². The van der Waals surface area contributed by atoms with Gasteiger partial charge in [-0.2, -0.15) is 12.6 Å². The average Bonchev–Trinajstić information content (AvgIpc) is 2.01. The first-order valence-electron chi connectivity index (χ1n) is 4.02. The summed E-state index contributed by atoms with van der Waals surface area (Å²) in [6.45, 7) is 3.20. The van der Waals surface area contributed by atoms with Crippen LogP contribution in [-0.4, -0.2) is 23.5 Å². The van der Waals surface area contributed by atoms with Crippen LogP contribution < -0.4 is 5.32 Å². The van der Waals surface area contributed by atoms with E-state index in [9.17, 15) is 9.59 Å². The summed E-state index contributed by atoms with van der Waals surface area (Å²) < 4.78 is 0. The first-order valence-corrected chi connectivity index (χ1v) is 4.65. The minimum absolute atomic E-state index is 0.0688. The molecule has 0 aliphatic heterocycles. The molecule has 1 unspecified atom stereocenters. The summed E-state index contributed by atoms with van der Waals surface area (Å²) in [6, 6.07) is -0.343. The van der Waals surface area contributed by atoms with Crippen molar-refractivity contribution in [1.82, 2.24) is 5.32 Å². The third-order valence-corrected chi connectivity index (χ3v) is 1.79. The molecule has 3 nitrogen and oxygen atoms in total. The van der Waals surface area contributed by atoms with Crippen molar-refractivity contribution in [1.29, 1.82) is 0 Å². The smallest absolute Gasteiger partial charge is 0.217 e. The molecule has 70 valence electrons. The van der Waals surface area contributed by atoms with Crippen LogP contribution in [0.1, 0.15) is 26.7 Å². The van der Waals surface area contributed by atoms with Crippen molar-refractivity contribution in [2.75, 3.05) is 5.75 Å². The fourth-order valence-corrected chi connectivity index (χ4v) is 1.19. The molecule has 12 heavy (non-hydrogen) atoms. The Balaban J connectivity index is 4.02. The molecule has 1 amide bonds. The lowest BCUT2D eigenvalue weighted by Gasteiger charge is -2.14. The summed E-state index contributed by atoms with van der Waals surface area (Å²) in [4.78, 5) is 21.8. The molecule has 1 N–H and O–H groups in total. The van der Waals surface area contributed by atoms with Crippen molar-refractivity contribution in [3.8, 4) is 0 Å². The molecule has 0 aliphatic carbocycles. The van der Waals surface area contributed by atoms with Crippen LogP contribution in [0, 0.1) is 0 Å². The van der Waals surface area contributed by atoms with Crippen molar-refractivity contribution in [3.63, 3.8) is 0 Å². The highest BCUT2D eigenvalue weighted by Crippen LogP contribution is 1.98. The number of carbonyl (C=O) groups excluding carboxylic acids is 2. The minimum Gasteiger partial charge on any atom is -0.347 e. The highest BCUT2D eigenvalue weighted by atomic mass is 32.1. The summed E-state index contributed by atoms with van der Waals surface area (Å²) >= 11 is 4.01. The predicted molar refractivity (Wildman–Crippen MR) is 51.4 cm³/mol. The first kappa shape index (κ1) is 11.5. The molecule has 0 fully saturated rings. The van der Waals surface area contributed by atoms with Crippen LogP contribution >= 0.6 is 12.6 Å². The lowest BCUT2D eigenvalue weighted by molar-refractivity contribution is -0.126. The molecule has 0 aromatic carbocycles. The molecule has 0 saturated carbocycles. The normalized spacial score (nSPS) is 12.2. The highest BCUT2D eigenvalue weighted by molar-refractivity contribution is 7.80. The van der Waals surface area contributed by atoms with Gasteiger partial charge in [0.2, 0.25) is 5.91 Å². The zero-order chi connectivity index (χ0) is 9.56. The third kappa shape index (κ3) is 4.38. The van der Waals surface area contributed by atoms with Gasteiger partial charge < -0.3 is 5.32 Å². The summed E-state index contributed by atoms with van der Waals surface area (Å²) in [5, 5.41) is 2.59. The number of nitrogens with one attached hydrogen (secondary N) is 1. The van der Waals surface area contributed by atoms with E-state index in [1.165, 1.54) is 6.92 Å². The SMILES string of the molecule is CCC(=O)C(CCS)NC(C)=O. The van der Waals surface area contributed by atoms with Gasteiger partial charge in [0.25, 0.3) is 0 Å². The Labute approximate surface area is 78.3 Å². The van der Waals surface area contributed by atoms with Crippen molar-refractivity contribution in [3.05, 3.63) is 0 Å². The molecule has 1 atom stereocenters. The van der Waals surface area contributed by atoms with Gasteiger partial charge in [0.05, 0.1) is 6.04 Å². The second-order valence-electron chi connectivity index (χ2n) is 2.59. The van der Waals surface area contributed by atoms with E-state index in [4.69, 9.17) is 0 Å². The van der Waals surface area contributed by atoms with Gasteiger partial charge in [0.1, 0.15) is 0 Å². The molecule has 0 aromatic heterocycles. The molecule has 0 bridgehead atoms. The van der Waals surface area contributed by atoms with Crippen LogP contribution in [0.2, 0.25) is 0 Å². The summed E-state index contributed by atoms with van der Waals surface area (Å²) in [5.74, 6) is 0.513. The Morgan fingerprint density at radius 2 is 2.08 bits per heavy atom. The first-order chi connectivity index (χ1) is 5.61. The van der Waals surface area contributed by atoms with Gasteiger partial charge >= 0.3 is 0 Å². The van der Waals surface area contributed by atoms with E-state index in [0.29, 0.717) is 18.6 Å². The standard InChI is InChI=1S/C8H15NO2S/c1-3-8(11)7(4-5-12)9-6(2)10/h7,12H,3-5H2,1-2H3,(H,9,10). The molecule has 0 aromatic rings. The number of amides is 1. The topological polar surface area (TPSA) is 46.2 Å². The van der Waals surface area contributed by atoms with Crippen LogP contribution in [0.5, 0.6) is 0 Å². The quantitative estimate of drug-likeness (QED) is 0.628. The molecular formula is C8H15NO2S. The number of rotatable bonds is 5. The van der Waals surface area contributed by atoms with Gasteiger partial charge in [-0.15, -0.1) is 0 Å². The molecule has 0 spiro atoms. The van der Waals surface area contributed by atoms with Gasteiger partial charge in [-0.3, -0.25) is 9.59 Å². The lowest BCUT2D eigenvalue weighted by atomic mass is 10.1. The number of Topliss-reactive ketones (excluding diaryl/α,β-unsaturated/α-hetero) is 1. The van der Waals surface area contributed by atoms with E-state index in [1.807, 2.05) is 0 Å². The summed E-state index contributed by atoms with van der Waals surface area (Å²) in [5.41, 5.74) is 0. The van der Waals surface area contributed by atoms with E-state index in [-0.39, 0.29) is 17.7 Å². The summed E-state index contributed by atoms with van der Waals surface area (Å²) in [7, 11) is 0. The molecule has 0 saturated heterocycles. The maximum atomic E-state index is 11.2. The predicted octanol–water partition coefficient (Wildman–Crippen LogP) is 0.790. The largest absolute Gasteiger partial charge is 0.347 e. The lowest BCUT2D eigenvalue weighted by Crippen LogP contribution is -2.39. The molecule has 0 heterocycles. The number of hydrogen-bond donors (Lipinski definition) is 2. The van der Waals surface area contributed by atoms with Gasteiger partial charge in [-0.05, 0) is 12.2 Å².